The van der Waals surface area contributed by atoms with Gasteiger partial charge in [0, 0.05) is 26.5 Å². The number of anilines is 3. The molecule has 0 aliphatic heterocycles. The van der Waals surface area contributed by atoms with Crippen molar-refractivity contribution in [1.29, 1.82) is 0 Å². The molecule has 146 valence electrons. The van der Waals surface area contributed by atoms with E-state index in [0.717, 1.165) is 0 Å². The summed E-state index contributed by atoms with van der Waals surface area (Å²) in [5, 5.41) is 23.0. The van der Waals surface area contributed by atoms with Gasteiger partial charge >= 0.3 is 0 Å². The summed E-state index contributed by atoms with van der Waals surface area (Å²) in [5.41, 5.74) is 6.93. The summed E-state index contributed by atoms with van der Waals surface area (Å²) >= 11 is 0. The van der Waals surface area contributed by atoms with Gasteiger partial charge in [-0.2, -0.15) is 0 Å². The van der Waals surface area contributed by atoms with Crippen molar-refractivity contribution in [1.82, 2.24) is 0 Å². The summed E-state index contributed by atoms with van der Waals surface area (Å²) < 4.78 is 0. The number of aliphatic hydroxyl groups excluding tert-OH is 1. The minimum absolute atomic E-state index is 0.0994. The molecule has 9 heteroatoms. The maximum Gasteiger partial charge on any atom is 0.292 e. The van der Waals surface area contributed by atoms with Crippen LogP contribution in [0.15, 0.2) is 48.5 Å². The van der Waals surface area contributed by atoms with E-state index in [1.54, 1.807) is 31.2 Å². The summed E-state index contributed by atoms with van der Waals surface area (Å²) in [6, 6.07) is 13.1. The molecule has 0 saturated carbocycles. The van der Waals surface area contributed by atoms with E-state index in [4.69, 9.17) is 10.8 Å². The Balaban J connectivity index is 0.000000442. The molecule has 0 unspecified atom stereocenters. The number of carbonyl (C=O) groups excluding carboxylic acids is 2. The fourth-order valence-corrected chi connectivity index (χ4v) is 1.73. The Morgan fingerprint density at radius 2 is 1.41 bits per heavy atom. The van der Waals surface area contributed by atoms with Gasteiger partial charge in [0.15, 0.2) is 0 Å². The summed E-state index contributed by atoms with van der Waals surface area (Å²) in [6.45, 7) is 4.68. The zero-order valence-electron chi connectivity index (χ0n) is 15.4. The molecule has 0 aliphatic carbocycles. The highest BCUT2D eigenvalue weighted by atomic mass is 16.6. The normalized spacial score (nSPS) is 8.89. The van der Waals surface area contributed by atoms with Crippen LogP contribution in [0.25, 0.3) is 0 Å². The molecule has 5 N–H and O–H groups in total. The van der Waals surface area contributed by atoms with Gasteiger partial charge < -0.3 is 21.5 Å². The Hall–Kier alpha value is -3.46. The Labute approximate surface area is 157 Å². The molecule has 0 fully saturated rings. The van der Waals surface area contributed by atoms with E-state index in [1.165, 1.54) is 26.0 Å². The third-order valence-corrected chi connectivity index (χ3v) is 2.68. The molecule has 0 saturated heterocycles. The summed E-state index contributed by atoms with van der Waals surface area (Å²) in [4.78, 5) is 31.2. The van der Waals surface area contributed by atoms with E-state index in [0.29, 0.717) is 11.4 Å². The fourth-order valence-electron chi connectivity index (χ4n) is 1.73. The topological polar surface area (TPSA) is 148 Å². The first-order valence-electron chi connectivity index (χ1n) is 7.96. The Morgan fingerprint density at radius 1 is 1.00 bits per heavy atom. The number of nitrogens with one attached hydrogen (secondary N) is 2. The van der Waals surface area contributed by atoms with Gasteiger partial charge in [-0.25, -0.2) is 0 Å². The second-order valence-corrected chi connectivity index (χ2v) is 5.04. The first kappa shape index (κ1) is 23.5. The number of para-hydroxylation sites is 4. The summed E-state index contributed by atoms with van der Waals surface area (Å²) in [5.74, 6) is -0.433. The molecule has 0 bridgehead atoms. The molecule has 27 heavy (non-hydrogen) atoms. The first-order chi connectivity index (χ1) is 12.7. The third-order valence-electron chi connectivity index (χ3n) is 2.68. The quantitative estimate of drug-likeness (QED) is 0.368. The molecule has 2 aromatic carbocycles. The lowest BCUT2D eigenvalue weighted by molar-refractivity contribution is -0.383. The van der Waals surface area contributed by atoms with Gasteiger partial charge in [-0.05, 0) is 25.1 Å². The van der Waals surface area contributed by atoms with Crippen molar-refractivity contribution in [3.8, 4) is 0 Å². The van der Waals surface area contributed by atoms with Gasteiger partial charge in [-0.1, -0.05) is 24.3 Å². The van der Waals surface area contributed by atoms with Crippen molar-refractivity contribution < 1.29 is 19.6 Å². The number of benzene rings is 2. The van der Waals surface area contributed by atoms with Crippen molar-refractivity contribution in [2.24, 2.45) is 0 Å². The number of amides is 2. The van der Waals surface area contributed by atoms with Crippen LogP contribution in [0.5, 0.6) is 0 Å². The Bertz CT molecular complexity index is 765. The van der Waals surface area contributed by atoms with E-state index in [9.17, 15) is 19.7 Å². The third kappa shape index (κ3) is 10.2. The van der Waals surface area contributed by atoms with Crippen molar-refractivity contribution in [3.05, 3.63) is 58.6 Å². The second-order valence-electron chi connectivity index (χ2n) is 5.04. The van der Waals surface area contributed by atoms with E-state index in [1.807, 2.05) is 12.1 Å². The van der Waals surface area contributed by atoms with Crippen molar-refractivity contribution in [3.63, 3.8) is 0 Å². The van der Waals surface area contributed by atoms with Crippen LogP contribution in [0, 0.1) is 10.1 Å². The molecule has 0 heterocycles. The number of nitro benzene ring substituents is 1. The lowest BCUT2D eigenvalue weighted by atomic mass is 10.2. The highest BCUT2D eigenvalue weighted by molar-refractivity contribution is 5.92. The van der Waals surface area contributed by atoms with Gasteiger partial charge in [-0.15, -0.1) is 0 Å². The predicted molar refractivity (Wildman–Crippen MR) is 105 cm³/mol. The number of nitrogens with zero attached hydrogens (tertiary/aromatic N) is 1. The molecule has 0 aliphatic rings. The van der Waals surface area contributed by atoms with Crippen molar-refractivity contribution in [2.45, 2.75) is 20.8 Å². The van der Waals surface area contributed by atoms with Crippen molar-refractivity contribution >= 4 is 34.6 Å². The molecular weight excluding hydrogens is 352 g/mol. The minimum Gasteiger partial charge on any atom is -0.397 e. The largest absolute Gasteiger partial charge is 0.397 e. The number of carbonyl (C=O) groups is 2. The van der Waals surface area contributed by atoms with E-state index < -0.39 is 4.92 Å². The van der Waals surface area contributed by atoms with E-state index >= 15 is 0 Å². The molecule has 2 aromatic rings. The SMILES string of the molecule is CC(=O)Nc1ccccc1N.CC(=O)Nc1ccccc1[N+](=O)[O-].CCO. The molecule has 9 nitrogen and oxygen atoms in total. The molecule has 0 atom stereocenters. The maximum atomic E-state index is 10.7. The fraction of sp³-hybridized carbons (Fsp3) is 0.222. The molecule has 2 amide bonds. The maximum absolute atomic E-state index is 10.7. The molecular formula is C18H24N4O5. The number of rotatable bonds is 3. The number of hydrogen-bond donors (Lipinski definition) is 4. The molecule has 0 radical (unpaired) electrons. The van der Waals surface area contributed by atoms with E-state index in [2.05, 4.69) is 10.6 Å². The lowest BCUT2D eigenvalue weighted by Crippen LogP contribution is -2.07. The van der Waals surface area contributed by atoms with Crippen LogP contribution in [0.4, 0.5) is 22.7 Å². The van der Waals surface area contributed by atoms with Crippen LogP contribution in [-0.2, 0) is 9.59 Å². The van der Waals surface area contributed by atoms with Crippen LogP contribution in [0.3, 0.4) is 0 Å². The molecule has 0 spiro atoms. The number of nitrogen functional groups attached to an aromatic ring is 1. The van der Waals surface area contributed by atoms with E-state index in [-0.39, 0.29) is 29.8 Å². The lowest BCUT2D eigenvalue weighted by Gasteiger charge is -2.03. The summed E-state index contributed by atoms with van der Waals surface area (Å²) in [7, 11) is 0. The Morgan fingerprint density at radius 3 is 1.85 bits per heavy atom. The number of nitrogens with two attached hydrogens (primary N) is 1. The smallest absolute Gasteiger partial charge is 0.292 e. The van der Waals surface area contributed by atoms with Crippen LogP contribution in [0.2, 0.25) is 0 Å². The minimum atomic E-state index is -0.536. The van der Waals surface area contributed by atoms with Crippen LogP contribution in [-0.4, -0.2) is 28.5 Å². The molecule has 2 rings (SSSR count). The number of hydrogen-bond acceptors (Lipinski definition) is 6. The zero-order chi connectivity index (χ0) is 20.8. The predicted octanol–water partition coefficient (Wildman–Crippen LogP) is 2.78. The number of aliphatic hydroxyl groups is 1. The van der Waals surface area contributed by atoms with Gasteiger partial charge in [0.1, 0.15) is 5.69 Å². The average Bonchev–Trinajstić information content (AvgIpc) is 2.58. The average molecular weight is 376 g/mol. The van der Waals surface area contributed by atoms with Gasteiger partial charge in [0.05, 0.1) is 16.3 Å². The zero-order valence-corrected chi connectivity index (χ0v) is 15.4. The second kappa shape index (κ2) is 12.8. The first-order valence-corrected chi connectivity index (χ1v) is 7.96. The summed E-state index contributed by atoms with van der Waals surface area (Å²) in [6.07, 6.45) is 0. The monoisotopic (exact) mass is 376 g/mol. The Kier molecular flexibility index (Phi) is 11.2. The number of nitro groups is 1. The molecule has 0 aromatic heterocycles. The van der Waals surface area contributed by atoms with Crippen molar-refractivity contribution in [2.75, 3.05) is 23.0 Å². The van der Waals surface area contributed by atoms with Crippen LogP contribution < -0.4 is 16.4 Å². The highest BCUT2D eigenvalue weighted by Crippen LogP contribution is 2.22. The van der Waals surface area contributed by atoms with Gasteiger partial charge in [0.25, 0.3) is 5.69 Å². The van der Waals surface area contributed by atoms with Crippen LogP contribution >= 0.6 is 0 Å². The highest BCUT2D eigenvalue weighted by Gasteiger charge is 2.12. The standard InChI is InChI=1S/C8H8N2O3.C8H10N2O.C2H6O/c1-6(11)9-7-4-2-3-5-8(7)10(12)13;1-6(11)10-8-5-3-2-4-7(8)9;1-2-3/h2-5H,1H3,(H,9,11);2-5H,9H2,1H3,(H,10,11);3H,2H2,1H3. The van der Waals surface area contributed by atoms with Gasteiger partial charge in [0.2, 0.25) is 11.8 Å². The van der Waals surface area contributed by atoms with Gasteiger partial charge in [-0.3, -0.25) is 19.7 Å². The van der Waals surface area contributed by atoms with Crippen LogP contribution in [0.1, 0.15) is 20.8 Å².